The van der Waals surface area contributed by atoms with Crippen molar-refractivity contribution in [2.24, 2.45) is 0 Å². The molecule has 0 saturated carbocycles. The molecule has 0 bridgehead atoms. The Morgan fingerprint density at radius 3 is 2.67 bits per heavy atom. The van der Waals surface area contributed by atoms with Crippen LogP contribution in [0.4, 0.5) is 0 Å². The lowest BCUT2D eigenvalue weighted by Crippen LogP contribution is -2.47. The molecule has 2 aromatic rings. The van der Waals surface area contributed by atoms with Crippen molar-refractivity contribution in [1.29, 1.82) is 0 Å². The molecule has 0 spiro atoms. The van der Waals surface area contributed by atoms with Crippen LogP contribution in [-0.2, 0) is 9.53 Å². The molecule has 0 N–H and O–H groups in total. The minimum absolute atomic E-state index is 0.00236. The van der Waals surface area contributed by atoms with Crippen molar-refractivity contribution in [2.45, 2.75) is 26.1 Å². The fourth-order valence-electron chi connectivity index (χ4n) is 2.70. The van der Waals surface area contributed by atoms with Crippen molar-refractivity contribution in [1.82, 2.24) is 4.90 Å². The van der Waals surface area contributed by atoms with Crippen LogP contribution in [0, 0.1) is 0 Å². The summed E-state index contributed by atoms with van der Waals surface area (Å²) in [7, 11) is 0. The van der Waals surface area contributed by atoms with Crippen LogP contribution in [0.2, 0.25) is 0 Å². The van der Waals surface area contributed by atoms with E-state index in [0.717, 1.165) is 11.0 Å². The van der Waals surface area contributed by atoms with Crippen LogP contribution in [0.5, 0.6) is 0 Å². The third-order valence-corrected chi connectivity index (χ3v) is 3.57. The van der Waals surface area contributed by atoms with Gasteiger partial charge < -0.3 is 14.1 Å². The third kappa shape index (κ3) is 3.16. The number of morpholine rings is 1. The van der Waals surface area contributed by atoms with Gasteiger partial charge in [0, 0.05) is 24.6 Å². The maximum atomic E-state index is 12.2. The molecule has 2 unspecified atom stereocenters. The van der Waals surface area contributed by atoms with Gasteiger partial charge in [-0.15, -0.1) is 0 Å². The summed E-state index contributed by atoms with van der Waals surface area (Å²) in [4.78, 5) is 14.0. The summed E-state index contributed by atoms with van der Waals surface area (Å²) in [5, 5.41) is 1.04. The molecule has 1 aliphatic heterocycles. The Balaban J connectivity index is 1.71. The highest BCUT2D eigenvalue weighted by Crippen LogP contribution is 2.20. The summed E-state index contributed by atoms with van der Waals surface area (Å²) in [6.07, 6.45) is 3.46. The van der Waals surface area contributed by atoms with Crippen molar-refractivity contribution in [3.63, 3.8) is 0 Å². The zero-order valence-corrected chi connectivity index (χ0v) is 12.3. The quantitative estimate of drug-likeness (QED) is 0.796. The van der Waals surface area contributed by atoms with Crippen molar-refractivity contribution in [3.05, 3.63) is 42.2 Å². The maximum absolute atomic E-state index is 12.2. The molecule has 2 atom stereocenters. The molecule has 4 heteroatoms. The van der Waals surface area contributed by atoms with Crippen molar-refractivity contribution in [2.75, 3.05) is 13.1 Å². The molecule has 4 nitrogen and oxygen atoms in total. The van der Waals surface area contributed by atoms with E-state index in [-0.39, 0.29) is 18.1 Å². The summed E-state index contributed by atoms with van der Waals surface area (Å²) in [6.45, 7) is 5.24. The minimum atomic E-state index is -0.00236. The van der Waals surface area contributed by atoms with E-state index in [0.29, 0.717) is 18.8 Å². The Morgan fingerprint density at radius 1 is 1.24 bits per heavy atom. The number of carbonyl (C=O) groups is 1. The first-order valence-electron chi connectivity index (χ1n) is 7.23. The molecular formula is C17H19NO3. The number of nitrogens with zero attached hydrogens (tertiary/aromatic N) is 1. The van der Waals surface area contributed by atoms with Crippen molar-refractivity contribution in [3.8, 4) is 0 Å². The largest absolute Gasteiger partial charge is 0.457 e. The normalized spacial score (nSPS) is 23.0. The van der Waals surface area contributed by atoms with E-state index in [9.17, 15) is 4.79 Å². The number of rotatable bonds is 2. The summed E-state index contributed by atoms with van der Waals surface area (Å²) in [5.74, 6) is 0.691. The number of hydrogen-bond acceptors (Lipinski definition) is 3. The van der Waals surface area contributed by atoms with Gasteiger partial charge in [-0.3, -0.25) is 4.79 Å². The smallest absolute Gasteiger partial charge is 0.246 e. The van der Waals surface area contributed by atoms with Crippen LogP contribution < -0.4 is 0 Å². The molecule has 110 valence electrons. The van der Waals surface area contributed by atoms with Gasteiger partial charge >= 0.3 is 0 Å². The van der Waals surface area contributed by atoms with Crippen LogP contribution in [0.1, 0.15) is 19.6 Å². The van der Waals surface area contributed by atoms with E-state index in [2.05, 4.69) is 0 Å². The first-order chi connectivity index (χ1) is 10.1. The van der Waals surface area contributed by atoms with E-state index < -0.39 is 0 Å². The maximum Gasteiger partial charge on any atom is 0.246 e. The van der Waals surface area contributed by atoms with E-state index in [1.807, 2.05) is 49.1 Å². The van der Waals surface area contributed by atoms with Gasteiger partial charge in [0.05, 0.1) is 12.2 Å². The molecule has 3 rings (SSSR count). The van der Waals surface area contributed by atoms with E-state index in [4.69, 9.17) is 9.15 Å². The molecular weight excluding hydrogens is 266 g/mol. The molecule has 1 fully saturated rings. The van der Waals surface area contributed by atoms with Gasteiger partial charge in [0.1, 0.15) is 11.3 Å². The Morgan fingerprint density at radius 2 is 1.95 bits per heavy atom. The molecule has 1 aromatic carbocycles. The van der Waals surface area contributed by atoms with Crippen LogP contribution >= 0.6 is 0 Å². The molecule has 21 heavy (non-hydrogen) atoms. The predicted molar refractivity (Wildman–Crippen MR) is 81.8 cm³/mol. The molecule has 0 radical (unpaired) electrons. The van der Waals surface area contributed by atoms with Crippen LogP contribution in [0.25, 0.3) is 17.0 Å². The highest BCUT2D eigenvalue weighted by Gasteiger charge is 2.24. The zero-order chi connectivity index (χ0) is 14.8. The number of para-hydroxylation sites is 1. The highest BCUT2D eigenvalue weighted by molar-refractivity contribution is 5.92. The number of furan rings is 1. The third-order valence-electron chi connectivity index (χ3n) is 3.57. The summed E-state index contributed by atoms with van der Waals surface area (Å²) >= 11 is 0. The lowest BCUT2D eigenvalue weighted by Gasteiger charge is -2.34. The fourth-order valence-corrected chi connectivity index (χ4v) is 2.70. The topological polar surface area (TPSA) is 42.7 Å². The number of fused-ring (bicyclic) bond motifs is 1. The zero-order valence-electron chi connectivity index (χ0n) is 12.3. The van der Waals surface area contributed by atoms with Gasteiger partial charge in [-0.05, 0) is 32.1 Å². The van der Waals surface area contributed by atoms with Gasteiger partial charge in [0.25, 0.3) is 0 Å². The van der Waals surface area contributed by atoms with Gasteiger partial charge in [-0.2, -0.15) is 0 Å². The van der Waals surface area contributed by atoms with E-state index in [1.54, 1.807) is 12.2 Å². The van der Waals surface area contributed by atoms with Crippen LogP contribution in [0.15, 0.2) is 40.8 Å². The first kappa shape index (κ1) is 13.9. The SMILES string of the molecule is CC1CN(C(=O)/C=C/c2cc3ccccc3o2)CC(C)O1. The number of hydrogen-bond donors (Lipinski definition) is 0. The minimum Gasteiger partial charge on any atom is -0.457 e. The van der Waals surface area contributed by atoms with Gasteiger partial charge in [-0.1, -0.05) is 18.2 Å². The van der Waals surface area contributed by atoms with E-state index in [1.165, 1.54) is 0 Å². The molecule has 0 aliphatic carbocycles. The fraction of sp³-hybridized carbons (Fsp3) is 0.353. The van der Waals surface area contributed by atoms with Crippen LogP contribution in [0.3, 0.4) is 0 Å². The standard InChI is InChI=1S/C17H19NO3/c1-12-10-18(11-13(2)20-12)17(19)8-7-15-9-14-5-3-4-6-16(14)21-15/h3-9,12-13H,10-11H2,1-2H3/b8-7+. The molecule has 2 heterocycles. The van der Waals surface area contributed by atoms with Crippen molar-refractivity contribution >= 4 is 23.0 Å². The second-order valence-electron chi connectivity index (χ2n) is 5.52. The number of ether oxygens (including phenoxy) is 1. The second kappa shape index (κ2) is 5.74. The van der Waals surface area contributed by atoms with Gasteiger partial charge in [0.2, 0.25) is 5.91 Å². The second-order valence-corrected chi connectivity index (χ2v) is 5.52. The lowest BCUT2D eigenvalue weighted by atomic mass is 10.2. The Kier molecular flexibility index (Phi) is 3.80. The monoisotopic (exact) mass is 285 g/mol. The van der Waals surface area contributed by atoms with E-state index >= 15 is 0 Å². The summed E-state index contributed by atoms with van der Waals surface area (Å²) in [6, 6.07) is 9.74. The number of amides is 1. The van der Waals surface area contributed by atoms with Gasteiger partial charge in [-0.25, -0.2) is 0 Å². The number of benzene rings is 1. The summed E-state index contributed by atoms with van der Waals surface area (Å²) < 4.78 is 11.3. The highest BCUT2D eigenvalue weighted by atomic mass is 16.5. The predicted octanol–water partition coefficient (Wildman–Crippen LogP) is 3.08. The molecule has 1 aliphatic rings. The molecule has 1 aromatic heterocycles. The molecule has 1 saturated heterocycles. The Labute approximate surface area is 124 Å². The average Bonchev–Trinajstić information content (AvgIpc) is 2.86. The first-order valence-corrected chi connectivity index (χ1v) is 7.23. The molecule has 1 amide bonds. The Hall–Kier alpha value is -2.07. The van der Waals surface area contributed by atoms with Crippen molar-refractivity contribution < 1.29 is 13.9 Å². The average molecular weight is 285 g/mol. The Bertz CT molecular complexity index is 630. The van der Waals surface area contributed by atoms with Crippen LogP contribution in [-0.4, -0.2) is 36.1 Å². The lowest BCUT2D eigenvalue weighted by molar-refractivity contribution is -0.137. The summed E-state index contributed by atoms with van der Waals surface area (Å²) in [5.41, 5.74) is 0.832. The van der Waals surface area contributed by atoms with Gasteiger partial charge in [0.15, 0.2) is 0 Å². The number of carbonyl (C=O) groups excluding carboxylic acids is 1.